The lowest BCUT2D eigenvalue weighted by molar-refractivity contribution is -0.139. The van der Waals surface area contributed by atoms with Crippen LogP contribution in [0, 0.1) is 5.82 Å². The zero-order valence-corrected chi connectivity index (χ0v) is 22.9. The summed E-state index contributed by atoms with van der Waals surface area (Å²) < 4.78 is 41.8. The molecule has 1 N–H and O–H groups in total. The van der Waals surface area contributed by atoms with Crippen molar-refractivity contribution in [2.24, 2.45) is 0 Å². The van der Waals surface area contributed by atoms with Crippen molar-refractivity contribution in [2.75, 3.05) is 17.4 Å². The van der Waals surface area contributed by atoms with E-state index in [1.54, 1.807) is 25.1 Å². The van der Waals surface area contributed by atoms with Crippen LogP contribution in [0.4, 0.5) is 10.1 Å². The summed E-state index contributed by atoms with van der Waals surface area (Å²) in [4.78, 5) is 28.0. The Hall–Kier alpha value is -3.43. The maximum absolute atomic E-state index is 13.8. The third kappa shape index (κ3) is 7.55. The number of anilines is 1. The number of rotatable bonds is 12. The Kier molecular flexibility index (Phi) is 10.3. The van der Waals surface area contributed by atoms with Crippen molar-refractivity contribution in [1.29, 1.82) is 0 Å². The first kappa shape index (κ1) is 29.1. The molecule has 2 amide bonds. The summed E-state index contributed by atoms with van der Waals surface area (Å²) in [5.74, 6) is -1.39. The second-order valence-electron chi connectivity index (χ2n) is 8.77. The Balaban J connectivity index is 1.97. The summed E-state index contributed by atoms with van der Waals surface area (Å²) in [5.41, 5.74) is 0.838. The van der Waals surface area contributed by atoms with Gasteiger partial charge in [-0.2, -0.15) is 0 Å². The van der Waals surface area contributed by atoms with Gasteiger partial charge in [0.15, 0.2) is 0 Å². The van der Waals surface area contributed by atoms with Gasteiger partial charge in [0.25, 0.3) is 10.0 Å². The number of benzene rings is 3. The third-order valence-electron chi connectivity index (χ3n) is 5.99. The minimum atomic E-state index is -4.14. The van der Waals surface area contributed by atoms with Crippen molar-refractivity contribution in [2.45, 2.75) is 44.2 Å². The predicted molar refractivity (Wildman–Crippen MR) is 147 cm³/mol. The molecule has 3 rings (SSSR count). The number of nitrogens with zero attached hydrogens (tertiary/aromatic N) is 2. The number of halogens is 2. The SMILES string of the molecule is CCCCNC(=O)[C@H](C)N(Cc1ccc(F)cc1)C(=O)CN(c1ccc(Cl)cc1)S(=O)(=O)c1ccccc1. The van der Waals surface area contributed by atoms with Crippen LogP contribution in [0.15, 0.2) is 83.8 Å². The highest BCUT2D eigenvalue weighted by atomic mass is 35.5. The molecular weight excluding hydrogens is 529 g/mol. The van der Waals surface area contributed by atoms with Crippen LogP contribution in [0.3, 0.4) is 0 Å². The van der Waals surface area contributed by atoms with Crippen LogP contribution >= 0.6 is 11.6 Å². The molecule has 1 atom stereocenters. The molecule has 38 heavy (non-hydrogen) atoms. The van der Waals surface area contributed by atoms with Gasteiger partial charge in [0.05, 0.1) is 10.6 Å². The first-order chi connectivity index (χ1) is 18.1. The Labute approximate surface area is 228 Å². The minimum Gasteiger partial charge on any atom is -0.354 e. The molecule has 0 saturated carbocycles. The van der Waals surface area contributed by atoms with E-state index in [1.165, 1.54) is 65.6 Å². The van der Waals surface area contributed by atoms with Crippen LogP contribution in [0.25, 0.3) is 0 Å². The highest BCUT2D eigenvalue weighted by Gasteiger charge is 2.32. The fourth-order valence-corrected chi connectivity index (χ4v) is 5.32. The fourth-order valence-electron chi connectivity index (χ4n) is 3.76. The van der Waals surface area contributed by atoms with Crippen molar-refractivity contribution in [3.63, 3.8) is 0 Å². The van der Waals surface area contributed by atoms with Gasteiger partial charge in [0, 0.05) is 18.1 Å². The van der Waals surface area contributed by atoms with E-state index in [9.17, 15) is 22.4 Å². The van der Waals surface area contributed by atoms with Crippen LogP contribution in [0.1, 0.15) is 32.3 Å². The molecular formula is C28H31ClFN3O4S. The Morgan fingerprint density at radius 3 is 2.21 bits per heavy atom. The lowest BCUT2D eigenvalue weighted by Gasteiger charge is -2.32. The molecule has 0 unspecified atom stereocenters. The summed E-state index contributed by atoms with van der Waals surface area (Å²) in [6.45, 7) is 3.46. The third-order valence-corrected chi connectivity index (χ3v) is 8.03. The van der Waals surface area contributed by atoms with Gasteiger partial charge in [-0.3, -0.25) is 13.9 Å². The van der Waals surface area contributed by atoms with Gasteiger partial charge >= 0.3 is 0 Å². The van der Waals surface area contributed by atoms with E-state index in [-0.39, 0.29) is 23.0 Å². The first-order valence-electron chi connectivity index (χ1n) is 12.3. The van der Waals surface area contributed by atoms with E-state index >= 15 is 0 Å². The highest BCUT2D eigenvalue weighted by Crippen LogP contribution is 2.26. The molecule has 0 bridgehead atoms. The lowest BCUT2D eigenvalue weighted by Crippen LogP contribution is -2.51. The average molecular weight is 560 g/mol. The van der Waals surface area contributed by atoms with Crippen LogP contribution < -0.4 is 9.62 Å². The second kappa shape index (κ2) is 13.4. The maximum atomic E-state index is 13.8. The molecule has 0 fully saturated rings. The van der Waals surface area contributed by atoms with Crippen molar-refractivity contribution < 1.29 is 22.4 Å². The molecule has 0 aliphatic carbocycles. The normalized spacial score (nSPS) is 12.0. The van der Waals surface area contributed by atoms with Gasteiger partial charge in [-0.05, 0) is 67.4 Å². The number of carbonyl (C=O) groups excluding carboxylic acids is 2. The molecule has 0 saturated heterocycles. The molecule has 3 aromatic carbocycles. The van der Waals surface area contributed by atoms with Gasteiger partial charge in [0.2, 0.25) is 11.8 Å². The minimum absolute atomic E-state index is 0.0122. The van der Waals surface area contributed by atoms with E-state index in [0.29, 0.717) is 17.1 Å². The van der Waals surface area contributed by atoms with E-state index < -0.39 is 34.3 Å². The topological polar surface area (TPSA) is 86.8 Å². The summed E-state index contributed by atoms with van der Waals surface area (Å²) in [5, 5.41) is 3.23. The predicted octanol–water partition coefficient (Wildman–Crippen LogP) is 5.01. The molecule has 3 aromatic rings. The largest absolute Gasteiger partial charge is 0.354 e. The number of amides is 2. The van der Waals surface area contributed by atoms with Crippen molar-refractivity contribution >= 4 is 39.1 Å². The Bertz CT molecular complexity index is 1320. The number of carbonyl (C=O) groups is 2. The van der Waals surface area contributed by atoms with E-state index in [4.69, 9.17) is 11.6 Å². The zero-order chi connectivity index (χ0) is 27.7. The molecule has 0 heterocycles. The van der Waals surface area contributed by atoms with Crippen LogP contribution in [-0.4, -0.2) is 44.3 Å². The summed E-state index contributed by atoms with van der Waals surface area (Å²) in [7, 11) is -4.14. The van der Waals surface area contributed by atoms with Gasteiger partial charge in [-0.15, -0.1) is 0 Å². The fraction of sp³-hybridized carbons (Fsp3) is 0.286. The molecule has 0 spiro atoms. The van der Waals surface area contributed by atoms with Crippen molar-refractivity contribution in [1.82, 2.24) is 10.2 Å². The number of unbranched alkanes of at least 4 members (excludes halogenated alkanes) is 1. The molecule has 7 nitrogen and oxygen atoms in total. The van der Waals surface area contributed by atoms with Gasteiger partial charge < -0.3 is 10.2 Å². The molecule has 202 valence electrons. The van der Waals surface area contributed by atoms with Crippen LogP contribution in [-0.2, 0) is 26.2 Å². The Morgan fingerprint density at radius 2 is 1.61 bits per heavy atom. The average Bonchev–Trinajstić information content (AvgIpc) is 2.92. The van der Waals surface area contributed by atoms with Crippen LogP contribution in [0.2, 0.25) is 5.02 Å². The highest BCUT2D eigenvalue weighted by molar-refractivity contribution is 7.92. The first-order valence-corrected chi connectivity index (χ1v) is 14.1. The van der Waals surface area contributed by atoms with Crippen molar-refractivity contribution in [3.05, 3.63) is 95.3 Å². The number of nitrogens with one attached hydrogen (secondary N) is 1. The van der Waals surface area contributed by atoms with Gasteiger partial charge in [-0.25, -0.2) is 12.8 Å². The monoisotopic (exact) mass is 559 g/mol. The summed E-state index contributed by atoms with van der Waals surface area (Å²) >= 11 is 6.02. The molecule has 0 aromatic heterocycles. The number of sulfonamides is 1. The Morgan fingerprint density at radius 1 is 0.974 bits per heavy atom. The van der Waals surface area contributed by atoms with E-state index in [2.05, 4.69) is 5.32 Å². The number of hydrogen-bond donors (Lipinski definition) is 1. The van der Waals surface area contributed by atoms with Gasteiger partial charge in [-0.1, -0.05) is 55.3 Å². The molecule has 0 radical (unpaired) electrons. The second-order valence-corrected chi connectivity index (χ2v) is 11.1. The van der Waals surface area contributed by atoms with E-state index in [0.717, 1.165) is 17.1 Å². The quantitative estimate of drug-likeness (QED) is 0.316. The van der Waals surface area contributed by atoms with Gasteiger partial charge in [0.1, 0.15) is 18.4 Å². The number of hydrogen-bond acceptors (Lipinski definition) is 4. The smallest absolute Gasteiger partial charge is 0.264 e. The molecule has 0 aliphatic heterocycles. The van der Waals surface area contributed by atoms with Crippen molar-refractivity contribution in [3.8, 4) is 0 Å². The molecule has 10 heteroatoms. The van der Waals surface area contributed by atoms with E-state index in [1.807, 2.05) is 6.92 Å². The lowest BCUT2D eigenvalue weighted by atomic mass is 10.1. The summed E-state index contributed by atoms with van der Waals surface area (Å²) in [6.07, 6.45) is 1.67. The maximum Gasteiger partial charge on any atom is 0.264 e. The standard InChI is InChI=1S/C28H31ClFN3O4S/c1-3-4-18-31-28(35)21(2)32(19-22-10-14-24(30)15-11-22)27(34)20-33(25-16-12-23(29)13-17-25)38(36,37)26-8-6-5-7-9-26/h5-17,21H,3-4,18-20H2,1-2H3,(H,31,35)/t21-/m0/s1. The zero-order valence-electron chi connectivity index (χ0n) is 21.3. The molecule has 0 aliphatic rings. The summed E-state index contributed by atoms with van der Waals surface area (Å²) in [6, 6.07) is 18.6. The van der Waals surface area contributed by atoms with Crippen LogP contribution in [0.5, 0.6) is 0 Å².